The van der Waals surface area contributed by atoms with Crippen LogP contribution in [0.3, 0.4) is 0 Å². The van der Waals surface area contributed by atoms with E-state index >= 15 is 0 Å². The molecule has 30 heavy (non-hydrogen) atoms. The second-order valence-electron chi connectivity index (χ2n) is 6.06. The Morgan fingerprint density at radius 1 is 1.03 bits per heavy atom. The molecule has 9 nitrogen and oxygen atoms in total. The first-order chi connectivity index (χ1) is 14.3. The number of amides is 1. The molecule has 0 aliphatic carbocycles. The van der Waals surface area contributed by atoms with Crippen molar-refractivity contribution >= 4 is 44.1 Å². The van der Waals surface area contributed by atoms with Gasteiger partial charge in [0.1, 0.15) is 10.8 Å². The average Bonchev–Trinajstić information content (AvgIpc) is 3.15. The van der Waals surface area contributed by atoms with Gasteiger partial charge >= 0.3 is 5.97 Å². The standard InChI is InChI=1S/C19H18N4O5S2/c1-3-17-21-22-19(29-17)23-30(26,27)16-10-6-14(7-11-16)20-18(25)13-4-8-15(9-5-13)28-12(2)24/h4-11H,3H2,1-2H3,(H,20,25)(H,22,23). The van der Waals surface area contributed by atoms with E-state index in [0.717, 1.165) is 5.01 Å². The quantitative estimate of drug-likeness (QED) is 0.422. The Kier molecular flexibility index (Phi) is 6.43. The number of benzene rings is 2. The average molecular weight is 447 g/mol. The van der Waals surface area contributed by atoms with Gasteiger partial charge < -0.3 is 10.1 Å². The van der Waals surface area contributed by atoms with E-state index in [9.17, 15) is 18.0 Å². The zero-order valence-electron chi connectivity index (χ0n) is 16.1. The predicted molar refractivity (Wildman–Crippen MR) is 112 cm³/mol. The fourth-order valence-electron chi connectivity index (χ4n) is 2.37. The molecule has 1 amide bonds. The van der Waals surface area contributed by atoms with Gasteiger partial charge in [0, 0.05) is 18.2 Å². The number of nitrogens with one attached hydrogen (secondary N) is 2. The van der Waals surface area contributed by atoms with Gasteiger partial charge in [0.15, 0.2) is 0 Å². The van der Waals surface area contributed by atoms with E-state index in [1.807, 2.05) is 6.92 Å². The molecule has 2 N–H and O–H groups in total. The molecule has 0 radical (unpaired) electrons. The minimum atomic E-state index is -3.82. The molecule has 2 aromatic carbocycles. The smallest absolute Gasteiger partial charge is 0.308 e. The van der Waals surface area contributed by atoms with Gasteiger partial charge in [0.25, 0.3) is 15.9 Å². The Bertz CT molecular complexity index is 1160. The van der Waals surface area contributed by atoms with E-state index in [0.29, 0.717) is 23.4 Å². The molecule has 3 rings (SSSR count). The number of ether oxygens (including phenoxy) is 1. The summed E-state index contributed by atoms with van der Waals surface area (Å²) >= 11 is 1.17. The number of aromatic nitrogens is 2. The van der Waals surface area contributed by atoms with Crippen molar-refractivity contribution in [2.24, 2.45) is 0 Å². The molecule has 0 saturated carbocycles. The molecule has 0 bridgehead atoms. The molecular weight excluding hydrogens is 428 g/mol. The SMILES string of the molecule is CCc1nnc(NS(=O)(=O)c2ccc(NC(=O)c3ccc(OC(C)=O)cc3)cc2)s1. The third-order valence-corrected chi connectivity index (χ3v) is 6.26. The molecule has 0 atom stereocenters. The number of carbonyl (C=O) groups is 2. The number of nitrogens with zero attached hydrogens (tertiary/aromatic N) is 2. The van der Waals surface area contributed by atoms with E-state index in [1.54, 1.807) is 0 Å². The Hall–Kier alpha value is -3.31. The Balaban J connectivity index is 1.66. The highest BCUT2D eigenvalue weighted by molar-refractivity contribution is 7.93. The molecule has 3 aromatic rings. The lowest BCUT2D eigenvalue weighted by atomic mass is 10.2. The number of esters is 1. The van der Waals surface area contributed by atoms with Crippen molar-refractivity contribution in [2.45, 2.75) is 25.2 Å². The van der Waals surface area contributed by atoms with E-state index < -0.39 is 16.0 Å². The van der Waals surface area contributed by atoms with Crippen LogP contribution in [0.5, 0.6) is 5.75 Å². The third kappa shape index (κ3) is 5.39. The van der Waals surface area contributed by atoms with Gasteiger partial charge in [0.05, 0.1) is 4.90 Å². The number of sulfonamides is 1. The summed E-state index contributed by atoms with van der Waals surface area (Å²) in [5.74, 6) is -0.504. The minimum Gasteiger partial charge on any atom is -0.427 e. The van der Waals surface area contributed by atoms with Crippen LogP contribution in [0, 0.1) is 0 Å². The van der Waals surface area contributed by atoms with Crippen LogP contribution in [-0.4, -0.2) is 30.5 Å². The van der Waals surface area contributed by atoms with E-state index in [1.165, 1.54) is 66.8 Å². The summed E-state index contributed by atoms with van der Waals surface area (Å²) in [7, 11) is -3.82. The van der Waals surface area contributed by atoms with Crippen LogP contribution in [0.15, 0.2) is 53.4 Å². The minimum absolute atomic E-state index is 0.0273. The molecule has 0 spiro atoms. The maximum absolute atomic E-state index is 12.5. The molecule has 1 aromatic heterocycles. The highest BCUT2D eigenvalue weighted by Crippen LogP contribution is 2.22. The molecule has 0 aliphatic rings. The second-order valence-corrected chi connectivity index (χ2v) is 8.80. The van der Waals surface area contributed by atoms with Gasteiger partial charge in [-0.3, -0.25) is 14.3 Å². The van der Waals surface area contributed by atoms with Crippen LogP contribution in [0.4, 0.5) is 10.8 Å². The lowest BCUT2D eigenvalue weighted by Crippen LogP contribution is -2.14. The van der Waals surface area contributed by atoms with Crippen molar-refractivity contribution in [2.75, 3.05) is 10.0 Å². The number of aryl methyl sites for hydroxylation is 1. The monoisotopic (exact) mass is 446 g/mol. The predicted octanol–water partition coefficient (Wildman–Crippen LogP) is 3.08. The van der Waals surface area contributed by atoms with E-state index in [2.05, 4.69) is 20.2 Å². The normalized spacial score (nSPS) is 11.0. The summed E-state index contributed by atoms with van der Waals surface area (Å²) in [5.41, 5.74) is 0.777. The number of anilines is 2. The number of rotatable bonds is 7. The van der Waals surface area contributed by atoms with Crippen molar-refractivity contribution in [1.29, 1.82) is 0 Å². The van der Waals surface area contributed by atoms with Crippen LogP contribution >= 0.6 is 11.3 Å². The van der Waals surface area contributed by atoms with Crippen LogP contribution in [0.25, 0.3) is 0 Å². The first kappa shape index (κ1) is 21.4. The Labute approximate surface area is 177 Å². The zero-order chi connectivity index (χ0) is 21.7. The summed E-state index contributed by atoms with van der Waals surface area (Å²) in [6.45, 7) is 3.19. The molecular formula is C19H18N4O5S2. The van der Waals surface area contributed by atoms with Crippen LogP contribution in [0.2, 0.25) is 0 Å². The van der Waals surface area contributed by atoms with Gasteiger partial charge in [0.2, 0.25) is 5.13 Å². The molecule has 0 saturated heterocycles. The van der Waals surface area contributed by atoms with Crippen molar-refractivity contribution in [3.8, 4) is 5.75 Å². The topological polar surface area (TPSA) is 127 Å². The Morgan fingerprint density at radius 2 is 1.70 bits per heavy atom. The van der Waals surface area contributed by atoms with Crippen LogP contribution < -0.4 is 14.8 Å². The number of carbonyl (C=O) groups excluding carboxylic acids is 2. The number of hydrogen-bond donors (Lipinski definition) is 2. The lowest BCUT2D eigenvalue weighted by Gasteiger charge is -2.08. The van der Waals surface area contributed by atoms with Crippen molar-refractivity contribution in [3.05, 3.63) is 59.1 Å². The molecule has 0 aliphatic heterocycles. The first-order valence-corrected chi connectivity index (χ1v) is 11.1. The molecule has 11 heteroatoms. The molecule has 0 fully saturated rings. The van der Waals surface area contributed by atoms with Crippen LogP contribution in [-0.2, 0) is 21.2 Å². The highest BCUT2D eigenvalue weighted by Gasteiger charge is 2.17. The van der Waals surface area contributed by atoms with Gasteiger partial charge in [-0.1, -0.05) is 18.3 Å². The first-order valence-electron chi connectivity index (χ1n) is 8.82. The maximum atomic E-state index is 12.5. The van der Waals surface area contributed by atoms with E-state index in [4.69, 9.17) is 4.74 Å². The highest BCUT2D eigenvalue weighted by atomic mass is 32.2. The molecule has 1 heterocycles. The third-order valence-electron chi connectivity index (χ3n) is 3.79. The largest absolute Gasteiger partial charge is 0.427 e. The molecule has 156 valence electrons. The fourth-order valence-corrected chi connectivity index (χ4v) is 4.28. The Morgan fingerprint density at radius 3 is 2.27 bits per heavy atom. The second kappa shape index (κ2) is 9.01. The lowest BCUT2D eigenvalue weighted by molar-refractivity contribution is -0.131. The maximum Gasteiger partial charge on any atom is 0.308 e. The van der Waals surface area contributed by atoms with Gasteiger partial charge in [-0.05, 0) is 55.0 Å². The summed E-state index contributed by atoms with van der Waals surface area (Å²) in [5, 5.41) is 11.3. The summed E-state index contributed by atoms with van der Waals surface area (Å²) in [6, 6.07) is 11.8. The van der Waals surface area contributed by atoms with Crippen LogP contribution in [0.1, 0.15) is 29.2 Å². The van der Waals surface area contributed by atoms with Crippen molar-refractivity contribution < 1.29 is 22.7 Å². The summed E-state index contributed by atoms with van der Waals surface area (Å²) < 4.78 is 32.2. The number of hydrogen-bond acceptors (Lipinski definition) is 8. The fraction of sp³-hybridized carbons (Fsp3) is 0.158. The van der Waals surface area contributed by atoms with Crippen molar-refractivity contribution in [1.82, 2.24) is 10.2 Å². The van der Waals surface area contributed by atoms with Gasteiger partial charge in [-0.25, -0.2) is 8.42 Å². The van der Waals surface area contributed by atoms with Gasteiger partial charge in [-0.15, -0.1) is 10.2 Å². The van der Waals surface area contributed by atoms with Crippen molar-refractivity contribution in [3.63, 3.8) is 0 Å². The zero-order valence-corrected chi connectivity index (χ0v) is 17.7. The molecule has 0 unspecified atom stereocenters. The van der Waals surface area contributed by atoms with E-state index in [-0.39, 0.29) is 15.9 Å². The summed E-state index contributed by atoms with van der Waals surface area (Å²) in [4.78, 5) is 23.3. The van der Waals surface area contributed by atoms with Gasteiger partial charge in [-0.2, -0.15) is 0 Å². The summed E-state index contributed by atoms with van der Waals surface area (Å²) in [6.07, 6.45) is 0.667.